The summed E-state index contributed by atoms with van der Waals surface area (Å²) in [7, 11) is 4.51. The molecule has 5 aromatic rings. The molecule has 0 aliphatic carbocycles. The van der Waals surface area contributed by atoms with E-state index in [1.165, 1.54) is 32.4 Å². The van der Waals surface area contributed by atoms with Gasteiger partial charge in [-0.15, -0.1) is 0 Å². The SMILES string of the molecule is COc1cc2nc(N3C(=O)C(O)=C(C(=O)c4cc5cccc(OC)c5o4)C3c3ccccn3)[nH]c2cc1OC. The van der Waals surface area contributed by atoms with Crippen LogP contribution < -0.4 is 19.1 Å². The van der Waals surface area contributed by atoms with Gasteiger partial charge in [-0.3, -0.25) is 19.5 Å². The van der Waals surface area contributed by atoms with Gasteiger partial charge in [0.15, 0.2) is 34.4 Å². The van der Waals surface area contributed by atoms with E-state index in [1.807, 2.05) is 0 Å². The first-order valence-electron chi connectivity index (χ1n) is 11.9. The number of nitrogens with one attached hydrogen (secondary N) is 1. The number of carbonyl (C=O) groups is 2. The van der Waals surface area contributed by atoms with Gasteiger partial charge in [0.2, 0.25) is 11.7 Å². The number of aromatic nitrogens is 3. The van der Waals surface area contributed by atoms with Crippen molar-refractivity contribution in [3.8, 4) is 17.2 Å². The summed E-state index contributed by atoms with van der Waals surface area (Å²) in [4.78, 5) is 40.6. The highest BCUT2D eigenvalue weighted by atomic mass is 16.5. The quantitative estimate of drug-likeness (QED) is 0.293. The van der Waals surface area contributed by atoms with Crippen LogP contribution in [0, 0.1) is 0 Å². The lowest BCUT2D eigenvalue weighted by Crippen LogP contribution is -2.32. The van der Waals surface area contributed by atoms with Crippen molar-refractivity contribution in [2.75, 3.05) is 26.2 Å². The molecule has 11 nitrogen and oxygen atoms in total. The van der Waals surface area contributed by atoms with Gasteiger partial charge in [-0.25, -0.2) is 4.98 Å². The molecule has 2 aromatic carbocycles. The number of anilines is 1. The molecule has 1 aliphatic rings. The van der Waals surface area contributed by atoms with Gasteiger partial charge < -0.3 is 28.7 Å². The molecule has 39 heavy (non-hydrogen) atoms. The Balaban J connectivity index is 1.49. The number of benzene rings is 2. The number of amides is 1. The zero-order valence-corrected chi connectivity index (χ0v) is 21.1. The molecule has 1 unspecified atom stereocenters. The van der Waals surface area contributed by atoms with Gasteiger partial charge in [0.05, 0.1) is 43.6 Å². The molecule has 1 amide bonds. The Morgan fingerprint density at radius 3 is 2.49 bits per heavy atom. The lowest BCUT2D eigenvalue weighted by atomic mass is 9.98. The molecule has 1 atom stereocenters. The number of para-hydroxylation sites is 1. The minimum Gasteiger partial charge on any atom is -0.503 e. The second-order valence-corrected chi connectivity index (χ2v) is 8.70. The second-order valence-electron chi connectivity index (χ2n) is 8.70. The first-order chi connectivity index (χ1) is 18.9. The smallest absolute Gasteiger partial charge is 0.296 e. The van der Waals surface area contributed by atoms with Crippen molar-refractivity contribution >= 4 is 39.6 Å². The number of pyridine rings is 1. The third kappa shape index (κ3) is 3.74. The number of methoxy groups -OCH3 is 3. The van der Waals surface area contributed by atoms with Crippen LogP contribution in [0.5, 0.6) is 17.2 Å². The van der Waals surface area contributed by atoms with Gasteiger partial charge in [-0.2, -0.15) is 0 Å². The average Bonchev–Trinajstić information content (AvgIpc) is 3.65. The monoisotopic (exact) mass is 526 g/mol. The molecule has 4 heterocycles. The maximum atomic E-state index is 13.8. The largest absolute Gasteiger partial charge is 0.503 e. The molecule has 0 saturated carbocycles. The number of ether oxygens (including phenoxy) is 3. The van der Waals surface area contributed by atoms with Crippen LogP contribution in [0.25, 0.3) is 22.0 Å². The van der Waals surface area contributed by atoms with E-state index in [-0.39, 0.29) is 17.3 Å². The summed E-state index contributed by atoms with van der Waals surface area (Å²) in [5.41, 5.74) is 1.58. The van der Waals surface area contributed by atoms with Crippen LogP contribution in [0.15, 0.2) is 76.5 Å². The Morgan fingerprint density at radius 2 is 1.77 bits per heavy atom. The van der Waals surface area contributed by atoms with Gasteiger partial charge in [0.1, 0.15) is 6.04 Å². The maximum absolute atomic E-state index is 13.8. The summed E-state index contributed by atoms with van der Waals surface area (Å²) < 4.78 is 21.9. The van der Waals surface area contributed by atoms with Crippen molar-refractivity contribution in [3.05, 3.63) is 83.6 Å². The molecule has 11 heteroatoms. The molecular weight excluding hydrogens is 504 g/mol. The van der Waals surface area contributed by atoms with Crippen molar-refractivity contribution in [1.82, 2.24) is 15.0 Å². The maximum Gasteiger partial charge on any atom is 0.296 e. The summed E-state index contributed by atoms with van der Waals surface area (Å²) in [6, 6.07) is 14.1. The lowest BCUT2D eigenvalue weighted by molar-refractivity contribution is -0.117. The highest BCUT2D eigenvalue weighted by Gasteiger charge is 2.47. The summed E-state index contributed by atoms with van der Waals surface area (Å²) in [5, 5.41) is 11.7. The number of imidazole rings is 1. The molecule has 196 valence electrons. The second kappa shape index (κ2) is 9.21. The number of Topliss-reactive ketones (excluding diaryl/α,β-unsaturated/α-hetero) is 1. The number of carbonyl (C=O) groups excluding carboxylic acids is 2. The molecule has 0 spiro atoms. The van der Waals surface area contributed by atoms with Gasteiger partial charge >= 0.3 is 0 Å². The van der Waals surface area contributed by atoms with Crippen molar-refractivity contribution in [2.24, 2.45) is 0 Å². The number of rotatable bonds is 7. The fourth-order valence-electron chi connectivity index (χ4n) is 4.75. The number of aliphatic hydroxyl groups is 1. The lowest BCUT2D eigenvalue weighted by Gasteiger charge is -2.23. The van der Waals surface area contributed by atoms with E-state index in [0.29, 0.717) is 44.9 Å². The summed E-state index contributed by atoms with van der Waals surface area (Å²) in [6.45, 7) is 0. The van der Waals surface area contributed by atoms with E-state index < -0.39 is 23.5 Å². The standard InChI is InChI=1S/C28H22N4O7/c1-36-18-9-6-7-14-11-21(39-26(14)18)24(33)22-23(15-8-4-5-10-29-15)32(27(35)25(22)34)28-30-16-12-19(37-2)20(38-3)13-17(16)31-28/h4-13,23,34H,1-3H3,(H,30,31). The van der Waals surface area contributed by atoms with Crippen molar-refractivity contribution < 1.29 is 33.3 Å². The Morgan fingerprint density at radius 1 is 1.00 bits per heavy atom. The number of nitrogens with zero attached hydrogens (tertiary/aromatic N) is 3. The minimum absolute atomic E-state index is 0.0642. The highest BCUT2D eigenvalue weighted by Crippen LogP contribution is 2.42. The van der Waals surface area contributed by atoms with E-state index in [4.69, 9.17) is 18.6 Å². The van der Waals surface area contributed by atoms with Gasteiger partial charge in [-0.1, -0.05) is 18.2 Å². The zero-order valence-electron chi connectivity index (χ0n) is 21.1. The van der Waals surface area contributed by atoms with Crippen LogP contribution in [0.4, 0.5) is 5.95 Å². The van der Waals surface area contributed by atoms with Crippen LogP contribution >= 0.6 is 0 Å². The molecule has 0 radical (unpaired) electrons. The number of ketones is 1. The Bertz CT molecular complexity index is 1750. The molecule has 0 fully saturated rings. The predicted molar refractivity (Wildman–Crippen MR) is 140 cm³/mol. The first kappa shape index (κ1) is 24.0. The number of fused-ring (bicyclic) bond motifs is 2. The third-order valence-corrected chi connectivity index (χ3v) is 6.58. The molecule has 1 aliphatic heterocycles. The Kier molecular flexibility index (Phi) is 5.68. The van der Waals surface area contributed by atoms with Crippen LogP contribution in [-0.2, 0) is 4.79 Å². The highest BCUT2D eigenvalue weighted by molar-refractivity contribution is 6.20. The van der Waals surface area contributed by atoms with Crippen LogP contribution in [-0.4, -0.2) is 53.1 Å². The summed E-state index contributed by atoms with van der Waals surface area (Å²) in [5.74, 6) is -0.813. The van der Waals surface area contributed by atoms with Crippen molar-refractivity contribution in [2.45, 2.75) is 6.04 Å². The first-order valence-corrected chi connectivity index (χ1v) is 11.9. The van der Waals surface area contributed by atoms with Gasteiger partial charge in [-0.05, 0) is 24.3 Å². The molecular formula is C28H22N4O7. The van der Waals surface area contributed by atoms with Crippen molar-refractivity contribution in [3.63, 3.8) is 0 Å². The Hall–Kier alpha value is -5.32. The molecule has 0 bridgehead atoms. The fourth-order valence-corrected chi connectivity index (χ4v) is 4.75. The topological polar surface area (TPSA) is 140 Å². The number of hydrogen-bond acceptors (Lipinski definition) is 9. The summed E-state index contributed by atoms with van der Waals surface area (Å²) >= 11 is 0. The molecule has 6 rings (SSSR count). The molecule has 2 N–H and O–H groups in total. The van der Waals surface area contributed by atoms with Crippen LogP contribution in [0.1, 0.15) is 22.3 Å². The van der Waals surface area contributed by atoms with E-state index >= 15 is 0 Å². The van der Waals surface area contributed by atoms with Crippen LogP contribution in [0.3, 0.4) is 0 Å². The van der Waals surface area contributed by atoms with E-state index in [2.05, 4.69) is 15.0 Å². The van der Waals surface area contributed by atoms with Gasteiger partial charge in [0, 0.05) is 23.7 Å². The predicted octanol–water partition coefficient (Wildman–Crippen LogP) is 4.51. The number of H-pyrrole nitrogens is 1. The molecule has 3 aromatic heterocycles. The number of aromatic amines is 1. The molecule has 0 saturated heterocycles. The van der Waals surface area contributed by atoms with Crippen LogP contribution in [0.2, 0.25) is 0 Å². The van der Waals surface area contributed by atoms with E-state index in [1.54, 1.807) is 54.6 Å². The summed E-state index contributed by atoms with van der Waals surface area (Å²) in [6.07, 6.45) is 1.54. The van der Waals surface area contributed by atoms with Gasteiger partial charge in [0.25, 0.3) is 5.91 Å². The average molecular weight is 527 g/mol. The number of aliphatic hydroxyl groups excluding tert-OH is 1. The Labute approximate surface area is 221 Å². The third-order valence-electron chi connectivity index (χ3n) is 6.58. The fraction of sp³-hybridized carbons (Fsp3) is 0.143. The van der Waals surface area contributed by atoms with E-state index in [9.17, 15) is 14.7 Å². The zero-order chi connectivity index (χ0) is 27.3. The minimum atomic E-state index is -1.09. The van der Waals surface area contributed by atoms with E-state index in [0.717, 1.165) is 0 Å². The normalized spacial score (nSPS) is 15.4. The number of hydrogen-bond donors (Lipinski definition) is 2. The van der Waals surface area contributed by atoms with Crippen molar-refractivity contribution in [1.29, 1.82) is 0 Å². The number of furan rings is 1.